The summed E-state index contributed by atoms with van der Waals surface area (Å²) in [7, 11) is 0. The molecule has 16 heavy (non-hydrogen) atoms. The van der Waals surface area contributed by atoms with Gasteiger partial charge < -0.3 is 10.2 Å². The Morgan fingerprint density at radius 2 is 2.19 bits per heavy atom. The molecular weight excluding hydrogens is 220 g/mol. The molecule has 2 nitrogen and oxygen atoms in total. The van der Waals surface area contributed by atoms with Crippen LogP contribution in [0, 0.1) is 12.3 Å². The van der Waals surface area contributed by atoms with Crippen LogP contribution in [0.5, 0.6) is 0 Å². The van der Waals surface area contributed by atoms with Crippen LogP contribution in [0.3, 0.4) is 0 Å². The summed E-state index contributed by atoms with van der Waals surface area (Å²) in [6.45, 7) is 6.89. The lowest BCUT2D eigenvalue weighted by molar-refractivity contribution is 0.243. The summed E-state index contributed by atoms with van der Waals surface area (Å²) in [6, 6.07) is 6.16. The molecule has 0 saturated carbocycles. The van der Waals surface area contributed by atoms with Crippen molar-refractivity contribution in [2.75, 3.05) is 31.1 Å². The van der Waals surface area contributed by atoms with Crippen LogP contribution in [0.15, 0.2) is 18.2 Å². The first kappa shape index (κ1) is 10.4. The third kappa shape index (κ3) is 1.61. The summed E-state index contributed by atoms with van der Waals surface area (Å²) < 4.78 is 0. The summed E-state index contributed by atoms with van der Waals surface area (Å²) in [5.41, 5.74) is 3.18. The number of halogens is 1. The van der Waals surface area contributed by atoms with E-state index in [1.54, 1.807) is 0 Å². The highest BCUT2D eigenvalue weighted by atomic mass is 35.5. The van der Waals surface area contributed by atoms with Gasteiger partial charge in [-0.25, -0.2) is 0 Å². The average molecular weight is 237 g/mol. The molecule has 2 aliphatic rings. The molecule has 0 bridgehead atoms. The molecule has 86 valence electrons. The minimum Gasteiger partial charge on any atom is -0.370 e. The Hall–Kier alpha value is -0.730. The van der Waals surface area contributed by atoms with E-state index in [2.05, 4.69) is 29.3 Å². The third-order valence-corrected chi connectivity index (χ3v) is 4.13. The molecule has 2 heterocycles. The van der Waals surface area contributed by atoms with Gasteiger partial charge >= 0.3 is 0 Å². The van der Waals surface area contributed by atoms with E-state index < -0.39 is 0 Å². The van der Waals surface area contributed by atoms with Crippen LogP contribution in [-0.2, 0) is 0 Å². The van der Waals surface area contributed by atoms with Crippen LogP contribution < -0.4 is 10.2 Å². The summed E-state index contributed by atoms with van der Waals surface area (Å²) in [5, 5.41) is 4.30. The second kappa shape index (κ2) is 3.64. The lowest BCUT2D eigenvalue weighted by atomic mass is 9.78. The van der Waals surface area contributed by atoms with Crippen LogP contribution in [0.25, 0.3) is 0 Å². The first-order chi connectivity index (χ1) is 7.69. The largest absolute Gasteiger partial charge is 0.370 e. The number of aryl methyl sites for hydroxylation is 1. The van der Waals surface area contributed by atoms with E-state index in [0.717, 1.165) is 5.02 Å². The van der Waals surface area contributed by atoms with Crippen molar-refractivity contribution >= 4 is 17.3 Å². The Labute approximate surface area is 102 Å². The Bertz CT molecular complexity index is 402. The van der Waals surface area contributed by atoms with Gasteiger partial charge in [-0.3, -0.25) is 0 Å². The van der Waals surface area contributed by atoms with E-state index in [9.17, 15) is 0 Å². The molecular formula is C13H17ClN2. The number of rotatable bonds is 1. The molecule has 0 radical (unpaired) electrons. The van der Waals surface area contributed by atoms with Gasteiger partial charge in [0, 0.05) is 35.8 Å². The van der Waals surface area contributed by atoms with E-state index in [4.69, 9.17) is 11.6 Å². The average Bonchev–Trinajstić information content (AvgIpc) is 2.68. The number of hydrogen-bond donors (Lipinski definition) is 1. The molecule has 3 rings (SSSR count). The SMILES string of the molecule is Cc1ccc(Cl)cc1N1CC2(CCNC2)C1. The molecule has 0 atom stereocenters. The monoisotopic (exact) mass is 236 g/mol. The smallest absolute Gasteiger partial charge is 0.0426 e. The summed E-state index contributed by atoms with van der Waals surface area (Å²) in [4.78, 5) is 2.45. The molecule has 0 aliphatic carbocycles. The molecule has 1 aromatic rings. The fourth-order valence-corrected chi connectivity index (χ4v) is 3.09. The first-order valence-electron chi connectivity index (χ1n) is 5.90. The lowest BCUT2D eigenvalue weighted by Gasteiger charge is -2.49. The van der Waals surface area contributed by atoms with E-state index in [1.165, 1.54) is 43.9 Å². The van der Waals surface area contributed by atoms with Crippen molar-refractivity contribution in [1.82, 2.24) is 5.32 Å². The van der Waals surface area contributed by atoms with Crippen molar-refractivity contribution in [3.63, 3.8) is 0 Å². The van der Waals surface area contributed by atoms with Crippen LogP contribution in [0.1, 0.15) is 12.0 Å². The van der Waals surface area contributed by atoms with Gasteiger partial charge in [-0.2, -0.15) is 0 Å². The van der Waals surface area contributed by atoms with E-state index in [-0.39, 0.29) is 0 Å². The molecule has 0 aromatic heterocycles. The maximum absolute atomic E-state index is 6.05. The number of nitrogens with one attached hydrogen (secondary N) is 1. The normalized spacial score (nSPS) is 22.5. The third-order valence-electron chi connectivity index (χ3n) is 3.90. The second-order valence-corrected chi connectivity index (χ2v) is 5.65. The molecule has 2 fully saturated rings. The van der Waals surface area contributed by atoms with Crippen LogP contribution in [0.4, 0.5) is 5.69 Å². The Kier molecular flexibility index (Phi) is 2.37. The van der Waals surface area contributed by atoms with Crippen LogP contribution >= 0.6 is 11.6 Å². The zero-order valence-electron chi connectivity index (χ0n) is 9.59. The topological polar surface area (TPSA) is 15.3 Å². The Morgan fingerprint density at radius 3 is 2.88 bits per heavy atom. The standard InChI is InChI=1S/C13H17ClN2/c1-10-2-3-11(14)6-12(10)16-8-13(9-16)4-5-15-7-13/h2-3,6,15H,4-5,7-9H2,1H3. The zero-order valence-corrected chi connectivity index (χ0v) is 10.3. The number of nitrogens with zero attached hydrogens (tertiary/aromatic N) is 1. The summed E-state index contributed by atoms with van der Waals surface area (Å²) in [6.07, 6.45) is 1.32. The molecule has 1 aromatic carbocycles. The van der Waals surface area contributed by atoms with Crippen molar-refractivity contribution in [3.05, 3.63) is 28.8 Å². The fraction of sp³-hybridized carbons (Fsp3) is 0.538. The Balaban J connectivity index is 1.78. The van der Waals surface area contributed by atoms with Gasteiger partial charge in [0.05, 0.1) is 0 Å². The molecule has 1 spiro atoms. The highest BCUT2D eigenvalue weighted by molar-refractivity contribution is 6.30. The summed E-state index contributed by atoms with van der Waals surface area (Å²) in [5.74, 6) is 0. The quantitative estimate of drug-likeness (QED) is 0.806. The van der Waals surface area contributed by atoms with Crippen LogP contribution in [0.2, 0.25) is 5.02 Å². The lowest BCUT2D eigenvalue weighted by Crippen LogP contribution is -2.57. The fourth-order valence-electron chi connectivity index (χ4n) is 2.92. The maximum atomic E-state index is 6.05. The minimum absolute atomic E-state index is 0.550. The van der Waals surface area contributed by atoms with Gasteiger partial charge in [-0.05, 0) is 37.6 Å². The van der Waals surface area contributed by atoms with Gasteiger partial charge in [-0.1, -0.05) is 17.7 Å². The molecule has 0 amide bonds. The van der Waals surface area contributed by atoms with E-state index >= 15 is 0 Å². The van der Waals surface area contributed by atoms with Gasteiger partial charge in [0.2, 0.25) is 0 Å². The van der Waals surface area contributed by atoms with Crippen molar-refractivity contribution in [2.24, 2.45) is 5.41 Å². The van der Waals surface area contributed by atoms with E-state index in [0.29, 0.717) is 5.41 Å². The van der Waals surface area contributed by atoms with E-state index in [1.807, 2.05) is 6.07 Å². The Morgan fingerprint density at radius 1 is 1.38 bits per heavy atom. The second-order valence-electron chi connectivity index (χ2n) is 5.21. The number of anilines is 1. The molecule has 1 N–H and O–H groups in total. The molecule has 3 heteroatoms. The van der Waals surface area contributed by atoms with Crippen molar-refractivity contribution in [1.29, 1.82) is 0 Å². The minimum atomic E-state index is 0.550. The molecule has 2 aliphatic heterocycles. The van der Waals surface area contributed by atoms with Gasteiger partial charge in [0.1, 0.15) is 0 Å². The maximum Gasteiger partial charge on any atom is 0.0426 e. The number of benzene rings is 1. The van der Waals surface area contributed by atoms with Gasteiger partial charge in [0.15, 0.2) is 0 Å². The van der Waals surface area contributed by atoms with Crippen molar-refractivity contribution in [2.45, 2.75) is 13.3 Å². The van der Waals surface area contributed by atoms with Gasteiger partial charge in [-0.15, -0.1) is 0 Å². The predicted molar refractivity (Wildman–Crippen MR) is 68.3 cm³/mol. The first-order valence-corrected chi connectivity index (χ1v) is 6.28. The molecule has 2 saturated heterocycles. The van der Waals surface area contributed by atoms with Crippen molar-refractivity contribution in [3.8, 4) is 0 Å². The zero-order chi connectivity index (χ0) is 11.2. The van der Waals surface area contributed by atoms with Crippen LogP contribution in [-0.4, -0.2) is 26.2 Å². The highest BCUT2D eigenvalue weighted by Gasteiger charge is 2.45. The summed E-state index contributed by atoms with van der Waals surface area (Å²) >= 11 is 6.05. The van der Waals surface area contributed by atoms with Crippen molar-refractivity contribution < 1.29 is 0 Å². The number of hydrogen-bond acceptors (Lipinski definition) is 2. The molecule has 0 unspecified atom stereocenters. The highest BCUT2D eigenvalue weighted by Crippen LogP contribution is 2.40. The predicted octanol–water partition coefficient (Wildman–Crippen LogP) is 2.45. The van der Waals surface area contributed by atoms with Gasteiger partial charge in [0.25, 0.3) is 0 Å².